The second kappa shape index (κ2) is 23.8. The summed E-state index contributed by atoms with van der Waals surface area (Å²) in [6, 6.07) is -0.104. The summed E-state index contributed by atoms with van der Waals surface area (Å²) in [5.74, 6) is 2.27. The predicted molar refractivity (Wildman–Crippen MR) is 199 cm³/mol. The Balaban J connectivity index is 2.76. The van der Waals surface area contributed by atoms with E-state index in [1.54, 1.807) is 7.11 Å². The molecule has 2 amide bonds. The second-order valence-corrected chi connectivity index (χ2v) is 15.8. The van der Waals surface area contributed by atoms with Crippen molar-refractivity contribution < 1.29 is 38.0 Å². The first-order valence-electron chi connectivity index (χ1n) is 17.2. The Morgan fingerprint density at radius 1 is 0.723 bits per heavy atom. The summed E-state index contributed by atoms with van der Waals surface area (Å²) < 4.78 is 34.7. The molecule has 13 heteroatoms. The normalized spacial score (nSPS) is 20.7. The van der Waals surface area contributed by atoms with Gasteiger partial charge in [0.2, 0.25) is 0 Å². The summed E-state index contributed by atoms with van der Waals surface area (Å²) in [4.78, 5) is 26.0. The zero-order chi connectivity index (χ0) is 35.2. The van der Waals surface area contributed by atoms with Crippen molar-refractivity contribution in [2.45, 2.75) is 92.0 Å². The number of hydrogen-bond acceptors (Lipinski definition) is 11. The van der Waals surface area contributed by atoms with E-state index >= 15 is 0 Å². The third-order valence-electron chi connectivity index (χ3n) is 8.96. The maximum absolute atomic E-state index is 13.1. The molecule has 3 unspecified atom stereocenters. The minimum Gasteiger partial charge on any atom is -0.449 e. The van der Waals surface area contributed by atoms with Gasteiger partial charge in [-0.25, -0.2) is 9.59 Å². The van der Waals surface area contributed by atoms with Crippen molar-refractivity contribution >= 4 is 50.1 Å². The quantitative estimate of drug-likeness (QED) is 0.0510. The lowest BCUT2D eigenvalue weighted by Crippen LogP contribution is -2.51. The van der Waals surface area contributed by atoms with Crippen LogP contribution in [0.5, 0.6) is 0 Å². The highest BCUT2D eigenvalue weighted by Crippen LogP contribution is 2.46. The molecule has 0 aromatic rings. The molecule has 0 radical (unpaired) electrons. The SMILES string of the molecule is CCC(COC)(COCCCS)COC(=O)NCC1(C)CC(NC(=O)OCC(CC)(COCCCS)COCCCS)CC(C)(C)C1. The van der Waals surface area contributed by atoms with E-state index in [-0.39, 0.29) is 30.1 Å². The van der Waals surface area contributed by atoms with E-state index < -0.39 is 23.0 Å². The van der Waals surface area contributed by atoms with E-state index in [0.717, 1.165) is 62.2 Å². The maximum Gasteiger partial charge on any atom is 0.407 e. The van der Waals surface area contributed by atoms with E-state index in [1.165, 1.54) is 0 Å². The summed E-state index contributed by atoms with van der Waals surface area (Å²) >= 11 is 12.8. The van der Waals surface area contributed by atoms with E-state index in [1.807, 2.05) is 6.92 Å². The van der Waals surface area contributed by atoms with Crippen LogP contribution in [0.25, 0.3) is 0 Å². The van der Waals surface area contributed by atoms with Gasteiger partial charge in [-0.1, -0.05) is 34.6 Å². The van der Waals surface area contributed by atoms with Crippen LogP contribution in [-0.2, 0) is 28.4 Å². The van der Waals surface area contributed by atoms with Gasteiger partial charge in [0.05, 0.1) is 37.3 Å². The number of carbonyl (C=O) groups excluding carboxylic acids is 2. The average molecular weight is 727 g/mol. The zero-order valence-corrected chi connectivity index (χ0v) is 32.7. The van der Waals surface area contributed by atoms with Gasteiger partial charge >= 0.3 is 12.2 Å². The molecule has 0 heterocycles. The highest BCUT2D eigenvalue weighted by atomic mass is 32.1. The first-order chi connectivity index (χ1) is 22.4. The second-order valence-electron chi connectivity index (χ2n) is 14.4. The van der Waals surface area contributed by atoms with Crippen molar-refractivity contribution in [1.82, 2.24) is 10.6 Å². The van der Waals surface area contributed by atoms with Gasteiger partial charge in [-0.3, -0.25) is 0 Å². The summed E-state index contributed by atoms with van der Waals surface area (Å²) in [6.45, 7) is 15.0. The van der Waals surface area contributed by atoms with Crippen LogP contribution in [0.1, 0.15) is 86.0 Å². The Labute approximate surface area is 301 Å². The van der Waals surface area contributed by atoms with Crippen molar-refractivity contribution in [3.63, 3.8) is 0 Å². The first-order valence-corrected chi connectivity index (χ1v) is 19.1. The van der Waals surface area contributed by atoms with E-state index in [4.69, 9.17) is 28.4 Å². The van der Waals surface area contributed by atoms with Crippen LogP contribution in [0.3, 0.4) is 0 Å². The number of amides is 2. The number of methoxy groups -OCH3 is 1. The van der Waals surface area contributed by atoms with E-state index in [2.05, 4.69) is 76.2 Å². The fourth-order valence-corrected chi connectivity index (χ4v) is 6.77. The molecule has 278 valence electrons. The molecule has 47 heavy (non-hydrogen) atoms. The molecule has 0 bridgehead atoms. The van der Waals surface area contributed by atoms with Gasteiger partial charge in [0.1, 0.15) is 13.2 Å². The number of alkyl carbamates (subject to hydrolysis) is 2. The fourth-order valence-electron chi connectivity index (χ4n) is 6.39. The molecule has 0 saturated heterocycles. The number of ether oxygens (including phenoxy) is 6. The summed E-state index contributed by atoms with van der Waals surface area (Å²) in [7, 11) is 1.64. The fraction of sp³-hybridized carbons (Fsp3) is 0.941. The van der Waals surface area contributed by atoms with Gasteiger partial charge in [0.25, 0.3) is 0 Å². The smallest absolute Gasteiger partial charge is 0.407 e. The number of carbonyl (C=O) groups is 2. The lowest BCUT2D eigenvalue weighted by molar-refractivity contribution is -0.0563. The molecule has 2 N–H and O–H groups in total. The Morgan fingerprint density at radius 2 is 1.19 bits per heavy atom. The third kappa shape index (κ3) is 18.3. The van der Waals surface area contributed by atoms with E-state index in [9.17, 15) is 9.59 Å². The van der Waals surface area contributed by atoms with Gasteiger partial charge in [-0.15, -0.1) is 0 Å². The van der Waals surface area contributed by atoms with Crippen molar-refractivity contribution in [2.75, 3.05) is 90.4 Å². The largest absolute Gasteiger partial charge is 0.449 e. The Kier molecular flexibility index (Phi) is 22.5. The minimum absolute atomic E-state index is 0.0500. The molecule has 10 nitrogen and oxygen atoms in total. The zero-order valence-electron chi connectivity index (χ0n) is 30.0. The molecule has 1 aliphatic carbocycles. The molecule has 0 aromatic carbocycles. The van der Waals surface area contributed by atoms with Gasteiger partial charge in [-0.2, -0.15) is 37.9 Å². The number of nitrogens with one attached hydrogen (secondary N) is 2. The van der Waals surface area contributed by atoms with Crippen LogP contribution >= 0.6 is 37.9 Å². The van der Waals surface area contributed by atoms with Crippen molar-refractivity contribution in [3.8, 4) is 0 Å². The Bertz CT molecular complexity index is 859. The Morgan fingerprint density at radius 3 is 1.64 bits per heavy atom. The molecule has 1 aliphatic rings. The van der Waals surface area contributed by atoms with Crippen LogP contribution in [0.4, 0.5) is 9.59 Å². The van der Waals surface area contributed by atoms with Crippen LogP contribution in [0.2, 0.25) is 0 Å². The highest BCUT2D eigenvalue weighted by Gasteiger charge is 2.42. The molecule has 1 fully saturated rings. The Hall–Kier alpha value is -0.570. The molecule has 3 atom stereocenters. The van der Waals surface area contributed by atoms with Crippen molar-refractivity contribution in [3.05, 3.63) is 0 Å². The molecule has 0 aliphatic heterocycles. The topological polar surface area (TPSA) is 114 Å². The average Bonchev–Trinajstić information content (AvgIpc) is 3.02. The third-order valence-corrected chi connectivity index (χ3v) is 9.91. The van der Waals surface area contributed by atoms with Crippen molar-refractivity contribution in [1.29, 1.82) is 0 Å². The standard InChI is InChI=1S/C34H66N2O8S3/c1-7-33(22-39-6,23-40-12-9-15-45)26-43-29(37)35-21-32(5)19-28(18-31(3,4)20-32)36-30(38)44-27-34(8-2,24-41-13-10-16-46)25-42-14-11-17-47/h28,45-47H,7-27H2,1-6H3,(H,35,37)(H,36,38). The van der Waals surface area contributed by atoms with Gasteiger partial charge in [-0.05, 0) is 79.5 Å². The summed E-state index contributed by atoms with van der Waals surface area (Å²) in [6.07, 6.45) is 5.54. The lowest BCUT2D eigenvalue weighted by atomic mass is 9.62. The van der Waals surface area contributed by atoms with Gasteiger partial charge in [0.15, 0.2) is 0 Å². The first kappa shape index (κ1) is 44.5. The van der Waals surface area contributed by atoms with Crippen LogP contribution in [-0.4, -0.2) is 109 Å². The lowest BCUT2D eigenvalue weighted by Gasteiger charge is -2.46. The van der Waals surface area contributed by atoms with Crippen LogP contribution < -0.4 is 10.6 Å². The van der Waals surface area contributed by atoms with Crippen molar-refractivity contribution in [2.24, 2.45) is 21.7 Å². The highest BCUT2D eigenvalue weighted by molar-refractivity contribution is 7.80. The maximum atomic E-state index is 13.1. The number of thiol groups is 3. The molecular formula is C34H66N2O8S3. The van der Waals surface area contributed by atoms with Crippen LogP contribution in [0.15, 0.2) is 0 Å². The minimum atomic E-state index is -0.466. The summed E-state index contributed by atoms with van der Waals surface area (Å²) in [5, 5.41) is 6.12. The monoisotopic (exact) mass is 726 g/mol. The van der Waals surface area contributed by atoms with Gasteiger partial charge in [0, 0.05) is 39.5 Å². The summed E-state index contributed by atoms with van der Waals surface area (Å²) in [5.41, 5.74) is -1.16. The van der Waals surface area contributed by atoms with E-state index in [0.29, 0.717) is 59.2 Å². The molecule has 0 aromatic heterocycles. The predicted octanol–water partition coefficient (Wildman–Crippen LogP) is 6.47. The molecule has 0 spiro atoms. The molecule has 1 saturated carbocycles. The number of hydrogen-bond donors (Lipinski definition) is 5. The molecule has 1 rings (SSSR count). The molecular weight excluding hydrogens is 661 g/mol. The van der Waals surface area contributed by atoms with Crippen LogP contribution in [0, 0.1) is 21.7 Å². The number of rotatable bonds is 26. The van der Waals surface area contributed by atoms with Gasteiger partial charge < -0.3 is 39.1 Å².